The zero-order valence-corrected chi connectivity index (χ0v) is 39.4. The Morgan fingerprint density at radius 1 is 0.830 bits per heavy atom. The molecule has 1 unspecified atom stereocenters. The molecule has 1 atom stereocenters. The van der Waals surface area contributed by atoms with E-state index in [1.807, 2.05) is 69.8 Å². The lowest BCUT2D eigenvalue weighted by Crippen LogP contribution is -2.46. The van der Waals surface area contributed by atoms with Crippen LogP contribution >= 0.6 is 12.6 Å². The zero-order valence-electron chi connectivity index (χ0n) is 38.6. The summed E-state index contributed by atoms with van der Waals surface area (Å²) in [5, 5.41) is 0. The molecule has 1 aromatic rings. The van der Waals surface area contributed by atoms with Crippen LogP contribution in [0.4, 0.5) is 0 Å². The lowest BCUT2D eigenvalue weighted by molar-refractivity contribution is -0.158. The molecule has 1 fully saturated rings. The number of benzene rings is 1. The summed E-state index contributed by atoms with van der Waals surface area (Å²) in [6.45, 7) is 39.4. The molecular weight excluding hydrogens is 671 g/mol. The van der Waals surface area contributed by atoms with Crippen molar-refractivity contribution < 1.29 is 19.0 Å². The van der Waals surface area contributed by atoms with Crippen molar-refractivity contribution in [1.29, 1.82) is 0 Å². The highest BCUT2D eigenvalue weighted by Gasteiger charge is 2.40. The van der Waals surface area contributed by atoms with Crippen LogP contribution in [0.3, 0.4) is 0 Å². The molecule has 1 aliphatic rings. The Kier molecular flexibility index (Phi) is 26.2. The van der Waals surface area contributed by atoms with Gasteiger partial charge in [0, 0.05) is 10.7 Å². The Morgan fingerprint density at radius 3 is 1.66 bits per heavy atom. The Hall–Kier alpha value is -1.27. The lowest BCUT2D eigenvalue weighted by Gasteiger charge is -2.38. The van der Waals surface area contributed by atoms with Crippen LogP contribution in [-0.4, -0.2) is 35.2 Å². The maximum atomic E-state index is 13.3. The van der Waals surface area contributed by atoms with Crippen molar-refractivity contribution in [2.45, 2.75) is 224 Å². The van der Waals surface area contributed by atoms with Crippen LogP contribution in [0.2, 0.25) is 0 Å². The average Bonchev–Trinajstić information content (AvgIpc) is 3.02. The molecule has 2 rings (SSSR count). The van der Waals surface area contributed by atoms with E-state index in [2.05, 4.69) is 100 Å². The lowest BCUT2D eigenvalue weighted by atomic mass is 9.66. The van der Waals surface area contributed by atoms with E-state index in [0.29, 0.717) is 5.78 Å². The third-order valence-electron chi connectivity index (χ3n) is 10.6. The number of hydrogen-bond donors (Lipinski definition) is 1. The van der Waals surface area contributed by atoms with E-state index in [4.69, 9.17) is 9.39 Å². The molecule has 0 aliphatic heterocycles. The predicted molar refractivity (Wildman–Crippen MR) is 238 cm³/mol. The van der Waals surface area contributed by atoms with Crippen LogP contribution in [0, 0.1) is 36.5 Å². The summed E-state index contributed by atoms with van der Waals surface area (Å²) in [5.74, 6) is 3.34. The van der Waals surface area contributed by atoms with Crippen LogP contribution in [0.15, 0.2) is 18.2 Å². The van der Waals surface area contributed by atoms with E-state index >= 15 is 0 Å². The Bertz CT molecular complexity index is 1130. The van der Waals surface area contributed by atoms with Crippen molar-refractivity contribution in [1.82, 2.24) is 0 Å². The molecule has 0 amide bonds. The smallest absolute Gasteiger partial charge is 0.330 e. The van der Waals surface area contributed by atoms with Crippen molar-refractivity contribution in [3.05, 3.63) is 29.3 Å². The van der Waals surface area contributed by atoms with Crippen LogP contribution in [0.25, 0.3) is 0 Å². The van der Waals surface area contributed by atoms with Crippen molar-refractivity contribution in [2.24, 2.45) is 29.6 Å². The number of rotatable bonds is 17. The van der Waals surface area contributed by atoms with Gasteiger partial charge in [-0.15, -0.1) is 0 Å². The summed E-state index contributed by atoms with van der Waals surface area (Å²) in [5.41, 5.74) is 2.24. The number of carbonyl (C=O) groups excluding carboxylic acids is 2. The maximum Gasteiger partial charge on any atom is 0.330 e. The monoisotopic (exact) mass is 760 g/mol. The van der Waals surface area contributed by atoms with Gasteiger partial charge in [0.25, 0.3) is 0 Å². The number of ether oxygens (including phenoxy) is 1. The first-order chi connectivity index (χ1) is 24.3. The summed E-state index contributed by atoms with van der Waals surface area (Å²) in [6.07, 6.45) is 13.8. The van der Waals surface area contributed by atoms with E-state index in [-0.39, 0.29) is 33.6 Å². The van der Waals surface area contributed by atoms with E-state index in [0.717, 1.165) is 54.5 Å². The number of esters is 1. The summed E-state index contributed by atoms with van der Waals surface area (Å²) in [4.78, 5) is 24.2. The molecule has 0 bridgehead atoms. The average molecular weight is 760 g/mol. The Labute approximate surface area is 337 Å². The first-order valence-electron chi connectivity index (χ1n) is 21.4. The van der Waals surface area contributed by atoms with Gasteiger partial charge in [0.05, 0.1) is 16.9 Å². The van der Waals surface area contributed by atoms with Crippen LogP contribution < -0.4 is 5.46 Å². The molecule has 1 saturated carbocycles. The van der Waals surface area contributed by atoms with Crippen molar-refractivity contribution in [2.75, 3.05) is 0 Å². The van der Waals surface area contributed by atoms with E-state index in [1.165, 1.54) is 50.5 Å². The van der Waals surface area contributed by atoms with E-state index in [1.54, 1.807) is 0 Å². The van der Waals surface area contributed by atoms with Gasteiger partial charge in [-0.2, -0.15) is 12.6 Å². The van der Waals surface area contributed by atoms with E-state index in [9.17, 15) is 9.59 Å². The van der Waals surface area contributed by atoms with Crippen LogP contribution in [0.5, 0.6) is 0 Å². The molecule has 0 heterocycles. The number of aryl methyl sites for hydroxylation is 1. The molecule has 1 radical (unpaired) electrons. The second-order valence-electron chi connectivity index (χ2n) is 18.7. The van der Waals surface area contributed by atoms with Gasteiger partial charge in [-0.05, 0) is 110 Å². The van der Waals surface area contributed by atoms with Gasteiger partial charge < -0.3 is 9.39 Å². The van der Waals surface area contributed by atoms with Crippen molar-refractivity contribution in [3.8, 4) is 0 Å². The summed E-state index contributed by atoms with van der Waals surface area (Å²) in [6, 6.07) is 6.37. The second kappa shape index (κ2) is 25.8. The number of ketones is 1. The number of thiol groups is 1. The predicted octanol–water partition coefficient (Wildman–Crippen LogP) is 13.5. The first-order valence-corrected chi connectivity index (χ1v) is 21.8. The quantitative estimate of drug-likeness (QED) is 0.0976. The maximum absolute atomic E-state index is 13.3. The molecule has 53 heavy (non-hydrogen) atoms. The van der Waals surface area contributed by atoms with Gasteiger partial charge in [-0.25, -0.2) is 0 Å². The molecule has 0 saturated heterocycles. The van der Waals surface area contributed by atoms with Crippen LogP contribution in [0.1, 0.15) is 206 Å². The molecule has 1 aromatic carbocycles. The first kappa shape index (κ1) is 53.8. The minimum absolute atomic E-state index is 0.0285. The fourth-order valence-electron chi connectivity index (χ4n) is 6.67. The SMILES string of the molecule is CC(C)C(=O)OC(C)(C)C.CCCC(C)CC.CCCC(CCC)(C(=O)C(C)C)c1ccc([B]OC(C)(C)C(C)(C)S)cc1C.CCCC1CC(C)C1. The Balaban J connectivity index is 0. The summed E-state index contributed by atoms with van der Waals surface area (Å²) in [7, 11) is 1.82. The topological polar surface area (TPSA) is 52.6 Å². The third-order valence-corrected chi connectivity index (χ3v) is 11.1. The molecule has 0 spiro atoms. The van der Waals surface area contributed by atoms with Gasteiger partial charge >= 0.3 is 13.5 Å². The van der Waals surface area contributed by atoms with Crippen molar-refractivity contribution >= 4 is 37.3 Å². The number of carbonyl (C=O) groups is 2. The fourth-order valence-corrected chi connectivity index (χ4v) is 6.72. The standard InChI is InChI=1S/C24H40BO2S.C8H16O2.C8H16.C7H16/c1-10-14-24(15-11-2,21(26)17(3)4)20-13-12-19(16-18(20)5)25-27-22(6,7)23(8,9)28;1-6(2)7(9)10-8(3,4)5;1-3-4-8-5-7(2)6-8;1-4-6-7(3)5-2/h12-13,16-17,28H,10-11,14-15H2,1-9H3;6H,1-5H3;7-8H,3-6H2,1-2H3;7H,4-6H2,1-3H3. The summed E-state index contributed by atoms with van der Waals surface area (Å²) < 4.78 is 10.9. The largest absolute Gasteiger partial charge is 0.460 e. The van der Waals surface area contributed by atoms with E-state index < -0.39 is 5.60 Å². The highest BCUT2D eigenvalue weighted by Crippen LogP contribution is 2.39. The minimum atomic E-state index is -0.398. The molecule has 6 heteroatoms. The summed E-state index contributed by atoms with van der Waals surface area (Å²) >= 11 is 4.66. The number of Topliss-reactive ketones (excluding diaryl/α,β-unsaturated/α-hetero) is 1. The van der Waals surface area contributed by atoms with Gasteiger partial charge in [0.15, 0.2) is 0 Å². The minimum Gasteiger partial charge on any atom is -0.460 e. The molecule has 0 aromatic heterocycles. The van der Waals surface area contributed by atoms with Crippen LogP contribution in [-0.2, 0) is 24.4 Å². The third kappa shape index (κ3) is 21.0. The van der Waals surface area contributed by atoms with Gasteiger partial charge in [-0.1, -0.05) is 145 Å². The highest BCUT2D eigenvalue weighted by atomic mass is 32.1. The Morgan fingerprint density at radius 2 is 1.36 bits per heavy atom. The highest BCUT2D eigenvalue weighted by molar-refractivity contribution is 7.81. The molecular formula is C47H88BO4S. The fraction of sp³-hybridized carbons (Fsp3) is 0.830. The van der Waals surface area contributed by atoms with Gasteiger partial charge in [0.1, 0.15) is 11.4 Å². The molecule has 1 aliphatic carbocycles. The molecule has 309 valence electrons. The normalized spacial score (nSPS) is 16.6. The van der Waals surface area contributed by atoms with Crippen molar-refractivity contribution in [3.63, 3.8) is 0 Å². The zero-order chi connectivity index (χ0) is 41.8. The molecule has 4 nitrogen and oxygen atoms in total. The second-order valence-corrected chi connectivity index (χ2v) is 19.8. The van der Waals surface area contributed by atoms with Gasteiger partial charge in [-0.3, -0.25) is 9.59 Å². The number of hydrogen-bond acceptors (Lipinski definition) is 5. The molecule has 0 N–H and O–H groups in total. The van der Waals surface area contributed by atoms with Gasteiger partial charge in [0.2, 0.25) is 0 Å².